The van der Waals surface area contributed by atoms with Crippen molar-refractivity contribution in [3.8, 4) is 5.75 Å². The third-order valence-corrected chi connectivity index (χ3v) is 6.33. The molecule has 2 amide bonds. The van der Waals surface area contributed by atoms with E-state index in [0.717, 1.165) is 42.0 Å². The van der Waals surface area contributed by atoms with E-state index in [1.54, 1.807) is 25.6 Å². The monoisotopic (exact) mass is 416 g/mol. The molecule has 7 heteroatoms. The van der Waals surface area contributed by atoms with Crippen LogP contribution < -0.4 is 10.1 Å². The number of aryl methyl sites for hydroxylation is 1. The van der Waals surface area contributed by atoms with Gasteiger partial charge in [-0.15, -0.1) is 0 Å². The molecule has 1 saturated heterocycles. The van der Waals surface area contributed by atoms with Gasteiger partial charge in [0.2, 0.25) is 11.8 Å². The number of ether oxygens (including phenoxy) is 1. The topological polar surface area (TPSA) is 84.4 Å². The number of allylic oxidation sites excluding steroid dienone is 1. The standard InChI is InChI=1S/C24H24N4O3/c1-31-21-6-7-25-12-20(21)17-9-18-13-28(14-19(18)10-17)23(30)5-2-15-8-16-3-4-22(29)27-24(16)26-11-15/h2,5-9,11-12,18-19H,3-4,10,13-14H2,1H3,(H,26,27,29). The van der Waals surface area contributed by atoms with Gasteiger partial charge in [-0.25, -0.2) is 4.98 Å². The van der Waals surface area contributed by atoms with Crippen molar-refractivity contribution in [3.63, 3.8) is 0 Å². The molecule has 0 spiro atoms. The Morgan fingerprint density at radius 2 is 2.19 bits per heavy atom. The highest BCUT2D eigenvalue weighted by atomic mass is 16.5. The minimum Gasteiger partial charge on any atom is -0.496 e. The van der Waals surface area contributed by atoms with Crippen LogP contribution in [0.25, 0.3) is 11.6 Å². The Hall–Kier alpha value is -3.48. The molecule has 2 aromatic heterocycles. The number of pyridine rings is 2. The molecule has 2 unspecified atom stereocenters. The number of hydrogen-bond acceptors (Lipinski definition) is 5. The van der Waals surface area contributed by atoms with Crippen molar-refractivity contribution in [1.29, 1.82) is 0 Å². The molecule has 4 heterocycles. The SMILES string of the molecule is COc1ccncc1C1=CC2CN(C(=O)C=Cc3cnc4c(c3)CCC(=O)N4)CC2C1. The van der Waals surface area contributed by atoms with Crippen LogP contribution in [0.3, 0.4) is 0 Å². The minimum atomic E-state index is -0.00256. The summed E-state index contributed by atoms with van der Waals surface area (Å²) in [4.78, 5) is 34.7. The summed E-state index contributed by atoms with van der Waals surface area (Å²) >= 11 is 0. The second-order valence-corrected chi connectivity index (χ2v) is 8.30. The van der Waals surface area contributed by atoms with Crippen LogP contribution in [0.5, 0.6) is 5.75 Å². The van der Waals surface area contributed by atoms with Crippen LogP contribution in [0.4, 0.5) is 5.82 Å². The first-order valence-corrected chi connectivity index (χ1v) is 10.6. The molecule has 0 saturated carbocycles. The maximum Gasteiger partial charge on any atom is 0.246 e. The second kappa shape index (κ2) is 7.98. The van der Waals surface area contributed by atoms with Gasteiger partial charge in [0, 0.05) is 49.7 Å². The maximum atomic E-state index is 12.7. The number of hydrogen-bond donors (Lipinski definition) is 1. The molecule has 31 heavy (non-hydrogen) atoms. The van der Waals surface area contributed by atoms with Crippen molar-refractivity contribution in [2.45, 2.75) is 19.3 Å². The molecule has 5 rings (SSSR count). The lowest BCUT2D eigenvalue weighted by Crippen LogP contribution is -2.27. The average molecular weight is 416 g/mol. The molecule has 7 nitrogen and oxygen atoms in total. The number of carbonyl (C=O) groups excluding carboxylic acids is 2. The van der Waals surface area contributed by atoms with Crippen LogP contribution in [0.1, 0.15) is 29.5 Å². The Kier molecular flexibility index (Phi) is 5.02. The van der Waals surface area contributed by atoms with Crippen molar-refractivity contribution >= 4 is 29.3 Å². The molecule has 1 aliphatic carbocycles. The predicted molar refractivity (Wildman–Crippen MR) is 117 cm³/mol. The van der Waals surface area contributed by atoms with Gasteiger partial charge in [0.15, 0.2) is 0 Å². The third kappa shape index (κ3) is 3.83. The van der Waals surface area contributed by atoms with E-state index in [9.17, 15) is 9.59 Å². The van der Waals surface area contributed by atoms with Gasteiger partial charge in [0.05, 0.1) is 7.11 Å². The number of likely N-dealkylation sites (tertiary alicyclic amines) is 1. The summed E-state index contributed by atoms with van der Waals surface area (Å²) in [7, 11) is 1.68. The number of fused-ring (bicyclic) bond motifs is 2. The highest BCUT2D eigenvalue weighted by Crippen LogP contribution is 2.43. The molecule has 2 atom stereocenters. The zero-order valence-electron chi connectivity index (χ0n) is 17.4. The predicted octanol–water partition coefficient (Wildman–Crippen LogP) is 2.95. The molecular weight excluding hydrogens is 392 g/mol. The highest BCUT2D eigenvalue weighted by Gasteiger charge is 2.38. The number of anilines is 1. The molecule has 0 bridgehead atoms. The van der Waals surface area contributed by atoms with Gasteiger partial charge in [0.1, 0.15) is 11.6 Å². The van der Waals surface area contributed by atoms with Crippen LogP contribution in [0, 0.1) is 11.8 Å². The number of amides is 2. The number of rotatable bonds is 4. The Labute approximate surface area is 180 Å². The van der Waals surface area contributed by atoms with Gasteiger partial charge < -0.3 is 15.0 Å². The highest BCUT2D eigenvalue weighted by molar-refractivity contribution is 5.94. The fourth-order valence-corrected chi connectivity index (χ4v) is 4.73. The molecule has 0 radical (unpaired) electrons. The summed E-state index contributed by atoms with van der Waals surface area (Å²) < 4.78 is 5.47. The normalized spacial score (nSPS) is 22.2. The second-order valence-electron chi connectivity index (χ2n) is 8.30. The number of aromatic nitrogens is 2. The molecule has 158 valence electrons. The first-order valence-electron chi connectivity index (χ1n) is 10.6. The Morgan fingerprint density at radius 1 is 1.29 bits per heavy atom. The van der Waals surface area contributed by atoms with Crippen LogP contribution in [0.2, 0.25) is 0 Å². The molecule has 3 aliphatic rings. The van der Waals surface area contributed by atoms with Gasteiger partial charge in [-0.2, -0.15) is 0 Å². The van der Waals surface area contributed by atoms with E-state index in [1.807, 2.05) is 29.3 Å². The van der Waals surface area contributed by atoms with Crippen LogP contribution in [0.15, 0.2) is 42.9 Å². The first-order chi connectivity index (χ1) is 15.1. The fraction of sp³-hybridized carbons (Fsp3) is 0.333. The average Bonchev–Trinajstić information content (AvgIpc) is 3.37. The molecule has 2 aromatic rings. The van der Waals surface area contributed by atoms with Crippen molar-refractivity contribution in [1.82, 2.24) is 14.9 Å². The van der Waals surface area contributed by atoms with Crippen molar-refractivity contribution in [2.24, 2.45) is 11.8 Å². The number of carbonyl (C=O) groups is 2. The maximum absolute atomic E-state index is 12.7. The van der Waals surface area contributed by atoms with Gasteiger partial charge >= 0.3 is 0 Å². The largest absolute Gasteiger partial charge is 0.496 e. The van der Waals surface area contributed by atoms with Gasteiger partial charge in [-0.3, -0.25) is 14.6 Å². The van der Waals surface area contributed by atoms with Gasteiger partial charge in [-0.1, -0.05) is 6.08 Å². The van der Waals surface area contributed by atoms with Crippen molar-refractivity contribution < 1.29 is 14.3 Å². The van der Waals surface area contributed by atoms with Crippen molar-refractivity contribution in [2.75, 3.05) is 25.5 Å². The third-order valence-electron chi connectivity index (χ3n) is 6.33. The molecule has 0 aromatic carbocycles. The van der Waals surface area contributed by atoms with E-state index < -0.39 is 0 Å². The Morgan fingerprint density at radius 3 is 3.03 bits per heavy atom. The smallest absolute Gasteiger partial charge is 0.246 e. The Balaban J connectivity index is 1.24. The van der Waals surface area contributed by atoms with Gasteiger partial charge in [0.25, 0.3) is 0 Å². The summed E-state index contributed by atoms with van der Waals surface area (Å²) in [6, 6.07) is 3.87. The zero-order chi connectivity index (χ0) is 21.4. The number of nitrogens with zero attached hydrogens (tertiary/aromatic N) is 3. The van der Waals surface area contributed by atoms with E-state index in [1.165, 1.54) is 5.57 Å². The molecular formula is C24H24N4O3. The van der Waals surface area contributed by atoms with E-state index in [4.69, 9.17) is 4.74 Å². The Bertz CT molecular complexity index is 1110. The van der Waals surface area contributed by atoms with Crippen LogP contribution in [-0.4, -0.2) is 46.9 Å². The summed E-state index contributed by atoms with van der Waals surface area (Å²) in [6.45, 7) is 1.49. The fourth-order valence-electron chi connectivity index (χ4n) is 4.73. The summed E-state index contributed by atoms with van der Waals surface area (Å²) in [5.41, 5.74) is 4.19. The molecule has 2 aliphatic heterocycles. The number of nitrogens with one attached hydrogen (secondary N) is 1. The lowest BCUT2D eigenvalue weighted by atomic mass is 9.98. The molecule has 1 fully saturated rings. The zero-order valence-corrected chi connectivity index (χ0v) is 17.4. The lowest BCUT2D eigenvalue weighted by molar-refractivity contribution is -0.125. The van der Waals surface area contributed by atoms with E-state index in [-0.39, 0.29) is 11.8 Å². The van der Waals surface area contributed by atoms with E-state index in [2.05, 4.69) is 21.4 Å². The summed E-state index contributed by atoms with van der Waals surface area (Å²) in [5, 5.41) is 2.78. The summed E-state index contributed by atoms with van der Waals surface area (Å²) in [5.74, 6) is 2.29. The lowest BCUT2D eigenvalue weighted by Gasteiger charge is -2.16. The van der Waals surface area contributed by atoms with Crippen LogP contribution >= 0.6 is 0 Å². The summed E-state index contributed by atoms with van der Waals surface area (Å²) in [6.07, 6.45) is 13.1. The molecule has 1 N–H and O–H groups in total. The van der Waals surface area contributed by atoms with Crippen molar-refractivity contribution in [3.05, 3.63) is 59.6 Å². The van der Waals surface area contributed by atoms with Gasteiger partial charge in [-0.05, 0) is 59.6 Å². The quantitative estimate of drug-likeness (QED) is 0.775. The van der Waals surface area contributed by atoms with E-state index >= 15 is 0 Å². The van der Waals surface area contributed by atoms with E-state index in [0.29, 0.717) is 30.5 Å². The number of methoxy groups -OCH3 is 1. The van der Waals surface area contributed by atoms with Crippen LogP contribution in [-0.2, 0) is 16.0 Å². The first kappa shape index (κ1) is 19.5. The minimum absolute atomic E-state index is 0.00256.